The molecule has 0 aliphatic carbocycles. The molecule has 2 fully saturated rings. The Balaban J connectivity index is 1.82. The summed E-state index contributed by atoms with van der Waals surface area (Å²) in [4.78, 5) is 27.8. The van der Waals surface area contributed by atoms with E-state index >= 15 is 0 Å². The van der Waals surface area contributed by atoms with Gasteiger partial charge in [0.15, 0.2) is 5.54 Å². The van der Waals surface area contributed by atoms with E-state index in [-0.39, 0.29) is 11.9 Å². The molecule has 3 heterocycles. The molecule has 1 spiro atoms. The monoisotopic (exact) mass is 322 g/mol. The molecule has 1 atom stereocenters. The van der Waals surface area contributed by atoms with Crippen LogP contribution in [0.2, 0.25) is 0 Å². The molecule has 1 N–H and O–H groups in total. The molecule has 2 saturated heterocycles. The first kappa shape index (κ1) is 15.5. The predicted octanol–water partition coefficient (Wildman–Crippen LogP) is 2.56. The fraction of sp³-hybridized carbons (Fsp3) is 0.625. The van der Waals surface area contributed by atoms with E-state index in [9.17, 15) is 9.59 Å². The van der Waals surface area contributed by atoms with Gasteiger partial charge in [-0.2, -0.15) is 0 Å². The molecule has 22 heavy (non-hydrogen) atoms. The van der Waals surface area contributed by atoms with Crippen LogP contribution in [0.15, 0.2) is 17.5 Å². The highest BCUT2D eigenvalue weighted by Gasteiger charge is 2.67. The van der Waals surface area contributed by atoms with Gasteiger partial charge in [0.25, 0.3) is 5.91 Å². The first-order valence-corrected chi connectivity index (χ1v) is 8.42. The van der Waals surface area contributed by atoms with Gasteiger partial charge in [-0.15, -0.1) is 11.3 Å². The Morgan fingerprint density at radius 1 is 1.32 bits per heavy atom. The maximum atomic E-state index is 13.0. The van der Waals surface area contributed by atoms with E-state index in [1.54, 1.807) is 11.3 Å². The maximum Gasteiger partial charge on any atom is 0.325 e. The number of amides is 3. The van der Waals surface area contributed by atoms with Crippen molar-refractivity contribution >= 4 is 23.3 Å². The number of thiophene rings is 1. The minimum atomic E-state index is -0.955. The normalized spacial score (nSPS) is 29.4. The zero-order chi connectivity index (χ0) is 16.2. The lowest BCUT2D eigenvalue weighted by molar-refractivity contribution is -0.138. The summed E-state index contributed by atoms with van der Waals surface area (Å²) < 4.78 is 6.03. The Labute approximate surface area is 134 Å². The van der Waals surface area contributed by atoms with E-state index in [0.717, 1.165) is 0 Å². The van der Waals surface area contributed by atoms with Crippen LogP contribution in [-0.4, -0.2) is 40.1 Å². The zero-order valence-electron chi connectivity index (χ0n) is 13.4. The van der Waals surface area contributed by atoms with Crippen molar-refractivity contribution in [3.05, 3.63) is 22.4 Å². The summed E-state index contributed by atoms with van der Waals surface area (Å²) in [7, 11) is 0. The molecule has 0 saturated carbocycles. The van der Waals surface area contributed by atoms with Crippen LogP contribution in [0.3, 0.4) is 0 Å². The predicted molar refractivity (Wildman–Crippen MR) is 84.9 cm³/mol. The van der Waals surface area contributed by atoms with Gasteiger partial charge in [0.1, 0.15) is 0 Å². The summed E-state index contributed by atoms with van der Waals surface area (Å²) >= 11 is 1.64. The Morgan fingerprint density at radius 3 is 2.59 bits per heavy atom. The minimum Gasteiger partial charge on any atom is -0.367 e. The van der Waals surface area contributed by atoms with Crippen LogP contribution in [-0.2, 0) is 16.0 Å². The number of carbonyl (C=O) groups excluding carboxylic acids is 2. The SMILES string of the molecule is CC1(C)C[C@@]2(NC(=O)N(CCc3cccs3)C2=O)C(C)(C)O1. The van der Waals surface area contributed by atoms with Crippen molar-refractivity contribution in [1.82, 2.24) is 10.2 Å². The first-order chi connectivity index (χ1) is 10.2. The van der Waals surface area contributed by atoms with E-state index in [1.807, 2.05) is 45.2 Å². The summed E-state index contributed by atoms with van der Waals surface area (Å²) in [5.74, 6) is -0.162. The number of nitrogens with one attached hydrogen (secondary N) is 1. The number of hydrogen-bond acceptors (Lipinski definition) is 4. The van der Waals surface area contributed by atoms with Crippen LogP contribution in [0, 0.1) is 0 Å². The van der Waals surface area contributed by atoms with Crippen molar-refractivity contribution in [2.75, 3.05) is 6.54 Å². The lowest BCUT2D eigenvalue weighted by Crippen LogP contribution is -2.59. The largest absolute Gasteiger partial charge is 0.367 e. The molecule has 2 aliphatic heterocycles. The van der Waals surface area contributed by atoms with Crippen LogP contribution in [0.4, 0.5) is 4.79 Å². The quantitative estimate of drug-likeness (QED) is 0.870. The average Bonchev–Trinajstić information content (AvgIpc) is 2.99. The Kier molecular flexibility index (Phi) is 3.38. The van der Waals surface area contributed by atoms with Crippen molar-refractivity contribution < 1.29 is 14.3 Å². The molecular formula is C16H22N2O3S. The number of hydrogen-bond donors (Lipinski definition) is 1. The van der Waals surface area contributed by atoms with Crippen molar-refractivity contribution in [2.24, 2.45) is 0 Å². The molecule has 5 nitrogen and oxygen atoms in total. The number of imide groups is 1. The Morgan fingerprint density at radius 2 is 2.05 bits per heavy atom. The Hall–Kier alpha value is -1.40. The van der Waals surface area contributed by atoms with Gasteiger partial charge >= 0.3 is 6.03 Å². The third-order valence-corrected chi connectivity index (χ3v) is 5.52. The molecule has 0 bridgehead atoms. The number of rotatable bonds is 3. The molecule has 1 aromatic heterocycles. The highest BCUT2D eigenvalue weighted by atomic mass is 32.1. The van der Waals surface area contributed by atoms with Gasteiger partial charge in [-0.1, -0.05) is 6.07 Å². The van der Waals surface area contributed by atoms with E-state index < -0.39 is 16.7 Å². The van der Waals surface area contributed by atoms with E-state index in [1.165, 1.54) is 9.78 Å². The third kappa shape index (κ3) is 2.25. The Bertz CT molecular complexity index is 609. The van der Waals surface area contributed by atoms with Crippen LogP contribution >= 0.6 is 11.3 Å². The number of carbonyl (C=O) groups is 2. The van der Waals surface area contributed by atoms with Gasteiger partial charge in [-0.05, 0) is 45.6 Å². The van der Waals surface area contributed by atoms with Crippen LogP contribution in [0.1, 0.15) is 39.0 Å². The lowest BCUT2D eigenvalue weighted by Gasteiger charge is -2.33. The fourth-order valence-electron chi connectivity index (χ4n) is 3.70. The van der Waals surface area contributed by atoms with Gasteiger partial charge in [0.2, 0.25) is 0 Å². The van der Waals surface area contributed by atoms with Crippen molar-refractivity contribution in [3.63, 3.8) is 0 Å². The minimum absolute atomic E-state index is 0.162. The fourth-order valence-corrected chi connectivity index (χ4v) is 4.40. The zero-order valence-corrected chi connectivity index (χ0v) is 14.3. The number of ether oxygens (including phenoxy) is 1. The molecule has 1 aromatic rings. The van der Waals surface area contributed by atoms with Gasteiger partial charge in [0, 0.05) is 17.8 Å². The summed E-state index contributed by atoms with van der Waals surface area (Å²) in [6.45, 7) is 8.07. The van der Waals surface area contributed by atoms with E-state index in [2.05, 4.69) is 5.32 Å². The van der Waals surface area contributed by atoms with Crippen molar-refractivity contribution in [1.29, 1.82) is 0 Å². The molecule has 0 radical (unpaired) electrons. The highest BCUT2D eigenvalue weighted by molar-refractivity contribution is 7.09. The summed E-state index contributed by atoms with van der Waals surface area (Å²) in [6.07, 6.45) is 1.19. The smallest absolute Gasteiger partial charge is 0.325 e. The molecule has 120 valence electrons. The molecule has 0 aromatic carbocycles. The lowest BCUT2D eigenvalue weighted by atomic mass is 9.79. The summed E-state index contributed by atoms with van der Waals surface area (Å²) in [5, 5.41) is 4.92. The standard InChI is InChI=1S/C16H22N2O3S/c1-14(2)10-16(15(3,4)21-14)12(19)18(13(20)17-16)8-7-11-6-5-9-22-11/h5-6,9H,7-8,10H2,1-4H3,(H,17,20)/t16-/m0/s1. The van der Waals surface area contributed by atoms with Crippen molar-refractivity contribution in [2.45, 2.75) is 57.3 Å². The molecule has 6 heteroatoms. The molecular weight excluding hydrogens is 300 g/mol. The van der Waals surface area contributed by atoms with Gasteiger partial charge in [-0.3, -0.25) is 9.69 Å². The van der Waals surface area contributed by atoms with Crippen LogP contribution in [0.25, 0.3) is 0 Å². The topological polar surface area (TPSA) is 58.6 Å². The molecule has 3 amide bonds. The second-order valence-corrected chi connectivity index (χ2v) is 8.20. The van der Waals surface area contributed by atoms with E-state index in [0.29, 0.717) is 19.4 Å². The number of urea groups is 1. The molecule has 2 aliphatic rings. The van der Waals surface area contributed by atoms with E-state index in [4.69, 9.17) is 4.74 Å². The van der Waals surface area contributed by atoms with Gasteiger partial charge < -0.3 is 10.1 Å². The van der Waals surface area contributed by atoms with Crippen LogP contribution < -0.4 is 5.32 Å². The van der Waals surface area contributed by atoms with Crippen molar-refractivity contribution in [3.8, 4) is 0 Å². The molecule has 0 unspecified atom stereocenters. The molecule has 3 rings (SSSR count). The summed E-state index contributed by atoms with van der Waals surface area (Å²) in [5.41, 5.74) is -2.11. The second kappa shape index (κ2) is 4.80. The second-order valence-electron chi connectivity index (χ2n) is 7.17. The van der Waals surface area contributed by atoms with Gasteiger partial charge in [-0.25, -0.2) is 4.79 Å². The first-order valence-electron chi connectivity index (χ1n) is 7.54. The van der Waals surface area contributed by atoms with Gasteiger partial charge in [0.05, 0.1) is 11.2 Å². The summed E-state index contributed by atoms with van der Waals surface area (Å²) in [6, 6.07) is 3.69. The third-order valence-electron chi connectivity index (χ3n) is 4.59. The van der Waals surface area contributed by atoms with Crippen LogP contribution in [0.5, 0.6) is 0 Å². The highest BCUT2D eigenvalue weighted by Crippen LogP contribution is 2.47. The average molecular weight is 322 g/mol. The maximum absolute atomic E-state index is 13.0. The number of nitrogens with zero attached hydrogens (tertiary/aromatic N) is 1.